The van der Waals surface area contributed by atoms with Crippen molar-refractivity contribution in [2.45, 2.75) is 13.5 Å². The number of para-hydroxylation sites is 1. The summed E-state index contributed by atoms with van der Waals surface area (Å²) in [5, 5.41) is 9.70. The highest BCUT2D eigenvalue weighted by Crippen LogP contribution is 2.17. The van der Waals surface area contributed by atoms with E-state index in [1.165, 1.54) is 17.7 Å². The number of nitrogens with one attached hydrogen (secondary N) is 2. The van der Waals surface area contributed by atoms with Crippen molar-refractivity contribution in [2.75, 3.05) is 5.32 Å². The van der Waals surface area contributed by atoms with Crippen LogP contribution in [0.2, 0.25) is 0 Å². The molecule has 2 heterocycles. The summed E-state index contributed by atoms with van der Waals surface area (Å²) in [6.07, 6.45) is 1.54. The lowest BCUT2D eigenvalue weighted by molar-refractivity contribution is -0.114. The van der Waals surface area contributed by atoms with Crippen molar-refractivity contribution in [2.24, 2.45) is 0 Å². The minimum Gasteiger partial charge on any atom is -0.467 e. The smallest absolute Gasteiger partial charge is 0.272 e. The third-order valence-corrected chi connectivity index (χ3v) is 3.25. The minimum absolute atomic E-state index is 0.203. The van der Waals surface area contributed by atoms with Gasteiger partial charge in [0.05, 0.1) is 18.5 Å². The zero-order valence-electron chi connectivity index (χ0n) is 13.0. The summed E-state index contributed by atoms with van der Waals surface area (Å²) >= 11 is 0. The fourth-order valence-corrected chi connectivity index (χ4v) is 2.20. The van der Waals surface area contributed by atoms with Gasteiger partial charge in [0, 0.05) is 13.0 Å². The molecule has 2 aromatic heterocycles. The van der Waals surface area contributed by atoms with Gasteiger partial charge in [-0.1, -0.05) is 18.2 Å². The Morgan fingerprint density at radius 1 is 1.17 bits per heavy atom. The Morgan fingerprint density at radius 2 is 1.96 bits per heavy atom. The van der Waals surface area contributed by atoms with Crippen molar-refractivity contribution in [3.8, 4) is 5.69 Å². The van der Waals surface area contributed by atoms with Gasteiger partial charge >= 0.3 is 0 Å². The molecule has 0 radical (unpaired) electrons. The van der Waals surface area contributed by atoms with Crippen LogP contribution in [0.4, 0.5) is 5.82 Å². The Morgan fingerprint density at radius 3 is 2.62 bits per heavy atom. The highest BCUT2D eigenvalue weighted by atomic mass is 16.3. The molecule has 24 heavy (non-hydrogen) atoms. The van der Waals surface area contributed by atoms with Gasteiger partial charge in [-0.15, -0.1) is 0 Å². The van der Waals surface area contributed by atoms with E-state index in [9.17, 15) is 9.59 Å². The standard InChI is InChI=1S/C17H16N4O3/c1-12(22)19-16-10-15(17(23)18-11-14-8-5-9-24-14)20-21(16)13-6-3-2-4-7-13/h2-10H,11H2,1H3,(H,18,23)(H,19,22). The Hall–Kier alpha value is -3.35. The van der Waals surface area contributed by atoms with E-state index in [1.807, 2.05) is 30.3 Å². The van der Waals surface area contributed by atoms with Crippen LogP contribution in [-0.4, -0.2) is 21.6 Å². The van der Waals surface area contributed by atoms with Gasteiger partial charge in [0.25, 0.3) is 5.91 Å². The first kappa shape index (κ1) is 15.5. The maximum absolute atomic E-state index is 12.3. The summed E-state index contributed by atoms with van der Waals surface area (Å²) < 4.78 is 6.69. The van der Waals surface area contributed by atoms with E-state index in [4.69, 9.17) is 4.42 Å². The first-order valence-electron chi connectivity index (χ1n) is 7.37. The molecule has 0 aliphatic heterocycles. The van der Waals surface area contributed by atoms with E-state index >= 15 is 0 Å². The average molecular weight is 324 g/mol. The number of carbonyl (C=O) groups is 2. The maximum atomic E-state index is 12.3. The van der Waals surface area contributed by atoms with Crippen molar-refractivity contribution in [3.63, 3.8) is 0 Å². The van der Waals surface area contributed by atoms with E-state index in [2.05, 4.69) is 15.7 Å². The topological polar surface area (TPSA) is 89.2 Å². The lowest BCUT2D eigenvalue weighted by atomic mass is 10.3. The molecule has 3 aromatic rings. The number of hydrogen-bond acceptors (Lipinski definition) is 4. The second-order valence-corrected chi connectivity index (χ2v) is 5.11. The predicted molar refractivity (Wildman–Crippen MR) is 87.7 cm³/mol. The molecule has 122 valence electrons. The zero-order valence-corrected chi connectivity index (χ0v) is 13.0. The normalized spacial score (nSPS) is 10.4. The van der Waals surface area contributed by atoms with Gasteiger partial charge in [-0.25, -0.2) is 4.68 Å². The predicted octanol–water partition coefficient (Wildman–Crippen LogP) is 2.35. The lowest BCUT2D eigenvalue weighted by Gasteiger charge is -2.06. The van der Waals surface area contributed by atoms with Crippen molar-refractivity contribution in [3.05, 3.63) is 66.2 Å². The molecular weight excluding hydrogens is 308 g/mol. The first-order chi connectivity index (χ1) is 11.6. The van der Waals surface area contributed by atoms with Crippen molar-refractivity contribution >= 4 is 17.6 Å². The number of carbonyl (C=O) groups excluding carboxylic acids is 2. The largest absolute Gasteiger partial charge is 0.467 e. The number of rotatable bonds is 5. The van der Waals surface area contributed by atoms with Gasteiger partial charge in [0.15, 0.2) is 5.69 Å². The van der Waals surface area contributed by atoms with E-state index in [0.717, 1.165) is 5.69 Å². The quantitative estimate of drug-likeness (QED) is 0.754. The Bertz CT molecular complexity index is 838. The number of anilines is 1. The summed E-state index contributed by atoms with van der Waals surface area (Å²) in [7, 11) is 0. The molecule has 0 aliphatic carbocycles. The number of aromatic nitrogens is 2. The molecule has 0 saturated heterocycles. The van der Waals surface area contributed by atoms with Crippen molar-refractivity contribution in [1.82, 2.24) is 15.1 Å². The van der Waals surface area contributed by atoms with E-state index in [0.29, 0.717) is 11.6 Å². The van der Waals surface area contributed by atoms with E-state index in [1.54, 1.807) is 18.4 Å². The van der Waals surface area contributed by atoms with Crippen LogP contribution in [0.5, 0.6) is 0 Å². The summed E-state index contributed by atoms with van der Waals surface area (Å²) in [6, 6.07) is 14.3. The van der Waals surface area contributed by atoms with Gasteiger partial charge in [0.2, 0.25) is 5.91 Å². The molecule has 0 aliphatic rings. The Kier molecular flexibility index (Phi) is 4.42. The second kappa shape index (κ2) is 6.82. The molecule has 0 bridgehead atoms. The molecule has 2 amide bonds. The van der Waals surface area contributed by atoms with Crippen molar-refractivity contribution < 1.29 is 14.0 Å². The number of furan rings is 1. The zero-order chi connectivity index (χ0) is 16.9. The highest BCUT2D eigenvalue weighted by Gasteiger charge is 2.16. The number of benzene rings is 1. The van der Waals surface area contributed by atoms with Gasteiger partial charge in [-0.3, -0.25) is 9.59 Å². The SMILES string of the molecule is CC(=O)Nc1cc(C(=O)NCc2ccco2)nn1-c1ccccc1. The van der Waals surface area contributed by atoms with Crippen LogP contribution >= 0.6 is 0 Å². The average Bonchev–Trinajstić information content (AvgIpc) is 3.22. The summed E-state index contributed by atoms with van der Waals surface area (Å²) in [4.78, 5) is 23.7. The van der Waals surface area contributed by atoms with Crippen LogP contribution in [0.15, 0.2) is 59.2 Å². The highest BCUT2D eigenvalue weighted by molar-refractivity contribution is 5.95. The van der Waals surface area contributed by atoms with Crippen LogP contribution in [0.1, 0.15) is 23.2 Å². The second-order valence-electron chi connectivity index (χ2n) is 5.11. The van der Waals surface area contributed by atoms with E-state index in [-0.39, 0.29) is 24.1 Å². The molecule has 0 atom stereocenters. The molecule has 1 aromatic carbocycles. The number of amides is 2. The fraction of sp³-hybridized carbons (Fsp3) is 0.118. The van der Waals surface area contributed by atoms with Gasteiger partial charge in [0.1, 0.15) is 11.6 Å². The van der Waals surface area contributed by atoms with Crippen LogP contribution < -0.4 is 10.6 Å². The third-order valence-electron chi connectivity index (χ3n) is 3.25. The van der Waals surface area contributed by atoms with Gasteiger partial charge < -0.3 is 15.1 Å². The van der Waals surface area contributed by atoms with Gasteiger partial charge in [-0.05, 0) is 24.3 Å². The van der Waals surface area contributed by atoms with E-state index < -0.39 is 0 Å². The van der Waals surface area contributed by atoms with Crippen molar-refractivity contribution in [1.29, 1.82) is 0 Å². The molecule has 0 unspecified atom stereocenters. The van der Waals surface area contributed by atoms with Crippen LogP contribution in [-0.2, 0) is 11.3 Å². The minimum atomic E-state index is -0.354. The molecule has 3 rings (SSSR count). The summed E-state index contributed by atoms with van der Waals surface area (Å²) in [5.41, 5.74) is 0.945. The molecule has 7 heteroatoms. The molecule has 2 N–H and O–H groups in total. The van der Waals surface area contributed by atoms with Crippen LogP contribution in [0.25, 0.3) is 5.69 Å². The monoisotopic (exact) mass is 324 g/mol. The molecule has 0 fully saturated rings. The Balaban J connectivity index is 1.84. The molecule has 7 nitrogen and oxygen atoms in total. The van der Waals surface area contributed by atoms with Crippen LogP contribution in [0.3, 0.4) is 0 Å². The fourth-order valence-electron chi connectivity index (χ4n) is 2.20. The first-order valence-corrected chi connectivity index (χ1v) is 7.37. The maximum Gasteiger partial charge on any atom is 0.272 e. The van der Waals surface area contributed by atoms with Crippen LogP contribution in [0, 0.1) is 0 Å². The number of hydrogen-bond donors (Lipinski definition) is 2. The van der Waals surface area contributed by atoms with Gasteiger partial charge in [-0.2, -0.15) is 5.10 Å². The summed E-state index contributed by atoms with van der Waals surface area (Å²) in [6.45, 7) is 1.67. The lowest BCUT2D eigenvalue weighted by Crippen LogP contribution is -2.23. The molecular formula is C17H16N4O3. The molecule has 0 spiro atoms. The third kappa shape index (κ3) is 3.52. The summed E-state index contributed by atoms with van der Waals surface area (Å²) in [5.74, 6) is 0.479. The Labute approximate surface area is 138 Å². The number of nitrogens with zero attached hydrogens (tertiary/aromatic N) is 2. The molecule has 0 saturated carbocycles.